The molecule has 0 bridgehead atoms. The summed E-state index contributed by atoms with van der Waals surface area (Å²) in [7, 11) is 0. The van der Waals surface area contributed by atoms with E-state index in [1.54, 1.807) is 0 Å². The highest BCUT2D eigenvalue weighted by Gasteiger charge is 2.14. The topological polar surface area (TPSA) is 49.3 Å². The quantitative estimate of drug-likeness (QED) is 0.317. The summed E-state index contributed by atoms with van der Waals surface area (Å²) in [5.74, 6) is 0. The molecule has 10 heavy (non-hydrogen) atoms. The van der Waals surface area contributed by atoms with E-state index in [0.29, 0.717) is 6.42 Å². The highest BCUT2D eigenvalue weighted by atomic mass is 35.5. The first-order valence-electron chi connectivity index (χ1n) is 2.52. The normalized spacial score (nSPS) is 11.1. The minimum atomic E-state index is -1.07. The van der Waals surface area contributed by atoms with E-state index in [1.807, 2.05) is 0 Å². The van der Waals surface area contributed by atoms with Gasteiger partial charge in [0.05, 0.1) is 0 Å². The minimum Gasteiger partial charge on any atom is -0.465 e. The zero-order chi connectivity index (χ0) is 8.20. The Hall–Kier alpha value is 0.260. The van der Waals surface area contributed by atoms with Gasteiger partial charge in [-0.2, -0.15) is 0 Å². The maximum absolute atomic E-state index is 9.88. The van der Waals surface area contributed by atoms with Gasteiger partial charge in [0.15, 0.2) is 0 Å². The smallest absolute Gasteiger partial charge is 0.404 e. The van der Waals surface area contributed by atoms with Gasteiger partial charge in [0.1, 0.15) is 3.54 Å². The van der Waals surface area contributed by atoms with Gasteiger partial charge in [0.2, 0.25) is 0 Å². The number of carbonyl (C=O) groups is 1. The number of hydrogen-bond donors (Lipinski definition) is 4. The van der Waals surface area contributed by atoms with Gasteiger partial charge in [-0.3, -0.25) is 0 Å². The van der Waals surface area contributed by atoms with Crippen molar-refractivity contribution in [1.82, 2.24) is 5.32 Å². The van der Waals surface area contributed by atoms with Crippen molar-refractivity contribution in [1.29, 1.82) is 0 Å². The van der Waals surface area contributed by atoms with E-state index in [4.69, 9.17) is 16.7 Å². The number of alkyl halides is 1. The molecule has 1 amide bonds. The number of rotatable bonds is 3. The predicted molar refractivity (Wildman–Crippen MR) is 47.2 cm³/mol. The third-order valence-corrected chi connectivity index (χ3v) is 1.36. The van der Waals surface area contributed by atoms with Crippen molar-refractivity contribution in [3.8, 4) is 0 Å². The van der Waals surface area contributed by atoms with Crippen LogP contribution in [0.25, 0.3) is 0 Å². The van der Waals surface area contributed by atoms with E-state index in [2.05, 4.69) is 30.6 Å². The van der Waals surface area contributed by atoms with E-state index >= 15 is 0 Å². The van der Waals surface area contributed by atoms with Crippen LogP contribution in [-0.2, 0) is 0 Å². The first-order chi connectivity index (χ1) is 4.42. The van der Waals surface area contributed by atoms with Crippen LogP contribution in [-0.4, -0.2) is 21.3 Å². The molecule has 0 aromatic carbocycles. The Labute approximate surface area is 75.0 Å². The van der Waals surface area contributed by atoms with Gasteiger partial charge in [0.25, 0.3) is 0 Å². The predicted octanol–water partition coefficient (Wildman–Crippen LogP) is 1.40. The van der Waals surface area contributed by atoms with Gasteiger partial charge in [-0.25, -0.2) is 4.79 Å². The molecule has 6 heteroatoms. The molecular formula is C4H8ClNO2S2. The van der Waals surface area contributed by atoms with Crippen LogP contribution in [0.3, 0.4) is 0 Å². The molecule has 0 aliphatic carbocycles. The van der Waals surface area contributed by atoms with Gasteiger partial charge in [0, 0.05) is 13.0 Å². The fraction of sp³-hybridized carbons (Fsp3) is 0.750. The lowest BCUT2D eigenvalue weighted by Gasteiger charge is -2.12. The van der Waals surface area contributed by atoms with Crippen LogP contribution in [0, 0.1) is 0 Å². The Kier molecular flexibility index (Phi) is 4.31. The van der Waals surface area contributed by atoms with Crippen LogP contribution < -0.4 is 5.32 Å². The molecule has 60 valence electrons. The summed E-state index contributed by atoms with van der Waals surface area (Å²) in [6, 6.07) is 0. The van der Waals surface area contributed by atoms with Crippen molar-refractivity contribution in [2.45, 2.75) is 9.96 Å². The summed E-state index contributed by atoms with van der Waals surface area (Å²) in [6.07, 6.45) is -0.699. The third-order valence-electron chi connectivity index (χ3n) is 0.719. The molecule has 0 aliphatic rings. The molecule has 0 saturated carbocycles. The molecule has 0 aliphatic heterocycles. The number of amides is 1. The van der Waals surface area contributed by atoms with Crippen molar-refractivity contribution in [2.75, 3.05) is 6.54 Å². The molecule has 2 N–H and O–H groups in total. The van der Waals surface area contributed by atoms with Gasteiger partial charge < -0.3 is 10.4 Å². The molecule has 0 unspecified atom stereocenters. The molecule has 0 radical (unpaired) electrons. The van der Waals surface area contributed by atoms with E-state index in [9.17, 15) is 4.79 Å². The minimum absolute atomic E-state index is 0.256. The molecule has 0 aromatic heterocycles. The number of thiol groups is 2. The Morgan fingerprint density at radius 3 is 2.50 bits per heavy atom. The van der Waals surface area contributed by atoms with Crippen molar-refractivity contribution < 1.29 is 9.90 Å². The Morgan fingerprint density at radius 1 is 1.70 bits per heavy atom. The molecule has 0 aromatic rings. The molecule has 0 heterocycles. The average molecular weight is 202 g/mol. The lowest BCUT2D eigenvalue weighted by molar-refractivity contribution is 0.194. The van der Waals surface area contributed by atoms with Crippen molar-refractivity contribution >= 4 is 43.0 Å². The van der Waals surface area contributed by atoms with E-state index < -0.39 is 9.63 Å². The van der Waals surface area contributed by atoms with E-state index in [-0.39, 0.29) is 6.54 Å². The van der Waals surface area contributed by atoms with Gasteiger partial charge in [-0.15, -0.1) is 25.3 Å². The van der Waals surface area contributed by atoms with Crippen molar-refractivity contribution in [2.24, 2.45) is 0 Å². The van der Waals surface area contributed by atoms with Crippen LogP contribution in [0.4, 0.5) is 4.79 Å². The second-order valence-corrected chi connectivity index (χ2v) is 4.75. The average Bonchev–Trinajstić information content (AvgIpc) is 1.59. The lowest BCUT2D eigenvalue weighted by Crippen LogP contribution is -2.25. The number of carboxylic acid groups (broad SMARTS) is 1. The fourth-order valence-electron chi connectivity index (χ4n) is 0.328. The highest BCUT2D eigenvalue weighted by Crippen LogP contribution is 2.27. The van der Waals surface area contributed by atoms with Gasteiger partial charge in [-0.1, -0.05) is 11.6 Å². The van der Waals surface area contributed by atoms with Crippen molar-refractivity contribution in [3.05, 3.63) is 0 Å². The SMILES string of the molecule is O=C(O)NCCC(S)(S)Cl. The molecule has 0 fully saturated rings. The summed E-state index contributed by atoms with van der Waals surface area (Å²) in [4.78, 5) is 9.88. The van der Waals surface area contributed by atoms with E-state index in [0.717, 1.165) is 0 Å². The summed E-state index contributed by atoms with van der Waals surface area (Å²) in [5.41, 5.74) is 0. The van der Waals surface area contributed by atoms with Crippen LogP contribution in [0.5, 0.6) is 0 Å². The maximum Gasteiger partial charge on any atom is 0.404 e. The first kappa shape index (κ1) is 10.3. The fourth-order valence-corrected chi connectivity index (χ4v) is 0.647. The highest BCUT2D eigenvalue weighted by molar-refractivity contribution is 8.02. The van der Waals surface area contributed by atoms with Gasteiger partial charge in [-0.05, 0) is 0 Å². The standard InChI is InChI=1S/C4H8ClNO2S2/c5-4(9,10)1-2-6-3(7)8/h6,9-10H,1-2H2,(H,7,8). The summed E-state index contributed by atoms with van der Waals surface area (Å²) < 4.78 is -0.928. The largest absolute Gasteiger partial charge is 0.465 e. The Bertz CT molecular complexity index is 125. The Balaban J connectivity index is 3.29. The lowest BCUT2D eigenvalue weighted by atomic mass is 10.5. The van der Waals surface area contributed by atoms with Crippen LogP contribution >= 0.6 is 36.9 Å². The number of hydrogen-bond acceptors (Lipinski definition) is 3. The summed E-state index contributed by atoms with van der Waals surface area (Å²) in [5, 5.41) is 10.2. The van der Waals surface area contributed by atoms with Crippen LogP contribution in [0.2, 0.25) is 0 Å². The molecule has 3 nitrogen and oxygen atoms in total. The first-order valence-corrected chi connectivity index (χ1v) is 3.79. The van der Waals surface area contributed by atoms with Crippen LogP contribution in [0.1, 0.15) is 6.42 Å². The Morgan fingerprint density at radius 2 is 2.20 bits per heavy atom. The summed E-state index contributed by atoms with van der Waals surface area (Å²) >= 11 is 13.2. The summed E-state index contributed by atoms with van der Waals surface area (Å²) in [6.45, 7) is 0.256. The third kappa shape index (κ3) is 8.26. The molecule has 0 rings (SSSR count). The number of halogens is 1. The van der Waals surface area contributed by atoms with E-state index in [1.165, 1.54) is 0 Å². The molecular weight excluding hydrogens is 194 g/mol. The molecule has 0 spiro atoms. The molecule has 0 atom stereocenters. The zero-order valence-corrected chi connectivity index (χ0v) is 7.59. The number of nitrogens with one attached hydrogen (secondary N) is 1. The second-order valence-electron chi connectivity index (χ2n) is 1.70. The monoisotopic (exact) mass is 201 g/mol. The van der Waals surface area contributed by atoms with Crippen molar-refractivity contribution in [3.63, 3.8) is 0 Å². The van der Waals surface area contributed by atoms with Crippen LogP contribution in [0.15, 0.2) is 0 Å². The second kappa shape index (κ2) is 4.20. The maximum atomic E-state index is 9.88. The molecule has 0 saturated heterocycles. The van der Waals surface area contributed by atoms with Gasteiger partial charge >= 0.3 is 6.09 Å². The zero-order valence-electron chi connectivity index (χ0n) is 5.04.